The average molecular weight is 339 g/mol. The van der Waals surface area contributed by atoms with E-state index in [1.807, 2.05) is 6.07 Å². The molecule has 1 fully saturated rings. The van der Waals surface area contributed by atoms with Crippen molar-refractivity contribution in [1.29, 1.82) is 0 Å². The molecule has 1 amide bonds. The number of rotatable bonds is 3. The number of carbonyl (C=O) groups is 2. The van der Waals surface area contributed by atoms with Gasteiger partial charge in [0.05, 0.1) is 16.2 Å². The second kappa shape index (κ2) is 6.67. The Labute approximate surface area is 142 Å². The molecule has 1 aromatic carbocycles. The molecule has 0 saturated carbocycles. The lowest BCUT2D eigenvalue weighted by atomic mass is 10.2. The Hall–Kier alpha value is -2.93. The Balaban J connectivity index is 1.95. The van der Waals surface area contributed by atoms with Crippen LogP contribution in [-0.4, -0.2) is 39.1 Å². The predicted molar refractivity (Wildman–Crippen MR) is 93.1 cm³/mol. The fourth-order valence-corrected chi connectivity index (χ4v) is 3.10. The number of hydrogen-bond donors (Lipinski definition) is 1. The van der Waals surface area contributed by atoms with Crippen molar-refractivity contribution in [3.05, 3.63) is 64.8 Å². The number of benzene rings is 1. The Bertz CT molecular complexity index is 862. The standard InChI is InChI=1S/C17H13N3O3S/c1-20-15(21)14(9-11-5-4-8-18-10-11)24-17(20)19-13-7-3-2-6-12(13)16(22)23/h2-10H,1H3,(H,22,23)/b14-9-,19-17?. The van der Waals surface area contributed by atoms with E-state index in [0.717, 1.165) is 5.56 Å². The van der Waals surface area contributed by atoms with Crippen LogP contribution in [0.4, 0.5) is 5.69 Å². The number of hydrogen-bond acceptors (Lipinski definition) is 5. The number of likely N-dealkylation sites (N-methyl/N-ethyl adjacent to an activating group) is 1. The van der Waals surface area contributed by atoms with Crippen LogP contribution in [0.1, 0.15) is 15.9 Å². The molecule has 0 atom stereocenters. The van der Waals surface area contributed by atoms with Gasteiger partial charge in [-0.25, -0.2) is 9.79 Å². The van der Waals surface area contributed by atoms with E-state index in [1.54, 1.807) is 49.8 Å². The number of aromatic nitrogens is 1. The smallest absolute Gasteiger partial charge is 0.337 e. The number of amidine groups is 1. The first-order valence-electron chi connectivity index (χ1n) is 7.05. The molecule has 2 aromatic rings. The summed E-state index contributed by atoms with van der Waals surface area (Å²) >= 11 is 1.20. The van der Waals surface area contributed by atoms with Gasteiger partial charge >= 0.3 is 5.97 Å². The zero-order chi connectivity index (χ0) is 17.1. The van der Waals surface area contributed by atoms with Crippen molar-refractivity contribution in [2.24, 2.45) is 4.99 Å². The number of carboxylic acid groups (broad SMARTS) is 1. The summed E-state index contributed by atoms with van der Waals surface area (Å²) in [6.07, 6.45) is 5.06. The second-order valence-electron chi connectivity index (χ2n) is 4.98. The third-order valence-corrected chi connectivity index (χ3v) is 4.40. The molecule has 0 spiro atoms. The number of aromatic carboxylic acids is 1. The Morgan fingerprint density at radius 1 is 1.29 bits per heavy atom. The van der Waals surface area contributed by atoms with Gasteiger partial charge < -0.3 is 5.11 Å². The van der Waals surface area contributed by atoms with Gasteiger partial charge in [-0.3, -0.25) is 14.7 Å². The van der Waals surface area contributed by atoms with Crippen LogP contribution >= 0.6 is 11.8 Å². The molecule has 1 aliphatic heterocycles. The SMILES string of the molecule is CN1C(=O)/C(=C/c2cccnc2)SC1=Nc1ccccc1C(=O)O. The first-order valence-corrected chi connectivity index (χ1v) is 7.86. The van der Waals surface area contributed by atoms with Gasteiger partial charge in [-0.05, 0) is 41.6 Å². The van der Waals surface area contributed by atoms with E-state index in [2.05, 4.69) is 9.98 Å². The summed E-state index contributed by atoms with van der Waals surface area (Å²) in [6.45, 7) is 0. The number of para-hydroxylation sites is 1. The highest BCUT2D eigenvalue weighted by Gasteiger charge is 2.30. The molecule has 0 aliphatic carbocycles. The topological polar surface area (TPSA) is 82.9 Å². The van der Waals surface area contributed by atoms with Gasteiger partial charge in [0.1, 0.15) is 0 Å². The Morgan fingerprint density at radius 2 is 2.08 bits per heavy atom. The van der Waals surface area contributed by atoms with Gasteiger partial charge in [0.15, 0.2) is 5.17 Å². The molecule has 1 saturated heterocycles. The van der Waals surface area contributed by atoms with Crippen molar-refractivity contribution in [2.75, 3.05) is 7.05 Å². The van der Waals surface area contributed by atoms with Crippen molar-refractivity contribution < 1.29 is 14.7 Å². The maximum Gasteiger partial charge on any atom is 0.337 e. The average Bonchev–Trinajstić information content (AvgIpc) is 2.84. The zero-order valence-corrected chi connectivity index (χ0v) is 13.5. The molecule has 2 heterocycles. The van der Waals surface area contributed by atoms with Gasteiger partial charge in [-0.1, -0.05) is 18.2 Å². The van der Waals surface area contributed by atoms with Crippen molar-refractivity contribution in [3.63, 3.8) is 0 Å². The maximum absolute atomic E-state index is 12.3. The van der Waals surface area contributed by atoms with E-state index < -0.39 is 5.97 Å². The van der Waals surface area contributed by atoms with Crippen molar-refractivity contribution in [2.45, 2.75) is 0 Å². The minimum Gasteiger partial charge on any atom is -0.478 e. The van der Waals surface area contributed by atoms with Gasteiger partial charge in [0, 0.05) is 19.4 Å². The molecule has 1 aliphatic rings. The van der Waals surface area contributed by atoms with Gasteiger partial charge in [0.25, 0.3) is 5.91 Å². The number of carbonyl (C=O) groups excluding carboxylic acids is 1. The lowest BCUT2D eigenvalue weighted by molar-refractivity contribution is -0.121. The second-order valence-corrected chi connectivity index (χ2v) is 5.99. The van der Waals surface area contributed by atoms with Gasteiger partial charge in [-0.15, -0.1) is 0 Å². The molecular formula is C17H13N3O3S. The lowest BCUT2D eigenvalue weighted by Gasteiger charge is -2.08. The minimum absolute atomic E-state index is 0.0936. The summed E-state index contributed by atoms with van der Waals surface area (Å²) in [7, 11) is 1.61. The molecule has 1 N–H and O–H groups in total. The number of carboxylic acids is 1. The van der Waals surface area contributed by atoms with Crippen molar-refractivity contribution in [3.8, 4) is 0 Å². The molecule has 6 nitrogen and oxygen atoms in total. The van der Waals surface area contributed by atoms with Gasteiger partial charge in [0.2, 0.25) is 0 Å². The predicted octanol–water partition coefficient (Wildman–Crippen LogP) is 3.01. The summed E-state index contributed by atoms with van der Waals surface area (Å²) in [5.41, 5.74) is 1.22. The maximum atomic E-state index is 12.3. The van der Waals surface area contributed by atoms with E-state index in [9.17, 15) is 14.7 Å². The molecule has 0 bridgehead atoms. The van der Waals surface area contributed by atoms with Crippen LogP contribution in [0, 0.1) is 0 Å². The summed E-state index contributed by atoms with van der Waals surface area (Å²) in [6, 6.07) is 10.1. The largest absolute Gasteiger partial charge is 0.478 e. The number of thioether (sulfide) groups is 1. The highest BCUT2D eigenvalue weighted by atomic mass is 32.2. The quantitative estimate of drug-likeness (QED) is 0.869. The first kappa shape index (κ1) is 15.9. The molecule has 3 rings (SSSR count). The molecule has 24 heavy (non-hydrogen) atoms. The van der Waals surface area contributed by atoms with Crippen LogP contribution < -0.4 is 0 Å². The molecule has 120 valence electrons. The Kier molecular flexibility index (Phi) is 4.43. The van der Waals surface area contributed by atoms with Crippen LogP contribution in [0.25, 0.3) is 6.08 Å². The number of aliphatic imine (C=N–C) groups is 1. The molecule has 1 aromatic heterocycles. The lowest BCUT2D eigenvalue weighted by Crippen LogP contribution is -2.23. The summed E-state index contributed by atoms with van der Waals surface area (Å²) in [4.78, 5) is 33.9. The van der Waals surface area contributed by atoms with Crippen LogP contribution in [0.15, 0.2) is 58.7 Å². The third-order valence-electron chi connectivity index (χ3n) is 3.34. The highest BCUT2D eigenvalue weighted by molar-refractivity contribution is 8.18. The molecule has 0 radical (unpaired) electrons. The fourth-order valence-electron chi connectivity index (χ4n) is 2.12. The third kappa shape index (κ3) is 3.21. The van der Waals surface area contributed by atoms with Crippen molar-refractivity contribution in [1.82, 2.24) is 9.88 Å². The first-order chi connectivity index (χ1) is 11.6. The van der Waals surface area contributed by atoms with Gasteiger partial charge in [-0.2, -0.15) is 0 Å². The number of nitrogens with zero attached hydrogens (tertiary/aromatic N) is 3. The zero-order valence-electron chi connectivity index (χ0n) is 12.7. The number of pyridine rings is 1. The van der Waals surface area contributed by atoms with Crippen molar-refractivity contribution >= 4 is 40.6 Å². The van der Waals surface area contributed by atoms with Crippen LogP contribution in [0.3, 0.4) is 0 Å². The summed E-state index contributed by atoms with van der Waals surface area (Å²) in [5.74, 6) is -1.24. The normalized spacial score (nSPS) is 17.7. The van der Waals surface area contributed by atoms with Crippen LogP contribution in [-0.2, 0) is 4.79 Å². The summed E-state index contributed by atoms with van der Waals surface area (Å²) in [5, 5.41) is 9.66. The van der Waals surface area contributed by atoms with E-state index >= 15 is 0 Å². The monoisotopic (exact) mass is 339 g/mol. The fraction of sp³-hybridized carbons (Fsp3) is 0.0588. The molecule has 0 unspecified atom stereocenters. The molecular weight excluding hydrogens is 326 g/mol. The summed E-state index contributed by atoms with van der Waals surface area (Å²) < 4.78 is 0. The Morgan fingerprint density at radius 3 is 2.79 bits per heavy atom. The van der Waals surface area contributed by atoms with E-state index in [4.69, 9.17) is 0 Å². The van der Waals surface area contributed by atoms with Crippen LogP contribution in [0.2, 0.25) is 0 Å². The van der Waals surface area contributed by atoms with Crippen LogP contribution in [0.5, 0.6) is 0 Å². The highest BCUT2D eigenvalue weighted by Crippen LogP contribution is 2.33. The minimum atomic E-state index is -1.06. The van der Waals surface area contributed by atoms with E-state index in [0.29, 0.717) is 15.8 Å². The number of amides is 1. The molecule has 7 heteroatoms. The van der Waals surface area contributed by atoms with E-state index in [1.165, 1.54) is 22.7 Å². The van der Waals surface area contributed by atoms with E-state index in [-0.39, 0.29) is 11.5 Å².